The molecule has 3 aromatic rings. The Bertz CT molecular complexity index is 699. The number of aryl methyl sites for hydroxylation is 1. The minimum Gasteiger partial charge on any atom is -0.380 e. The van der Waals surface area contributed by atoms with Gasteiger partial charge in [0.2, 0.25) is 0 Å². The van der Waals surface area contributed by atoms with Gasteiger partial charge in [0.25, 0.3) is 0 Å². The highest BCUT2D eigenvalue weighted by molar-refractivity contribution is 5.93. The lowest BCUT2D eigenvalue weighted by atomic mass is 10.1. The Balaban J connectivity index is 1.88. The van der Waals surface area contributed by atoms with E-state index in [-0.39, 0.29) is 0 Å². The molecular formula is C17H16N2. The third-order valence-corrected chi connectivity index (χ3v) is 3.41. The average molecular weight is 248 g/mol. The first-order valence-corrected chi connectivity index (χ1v) is 6.46. The minimum atomic E-state index is 0.799. The van der Waals surface area contributed by atoms with E-state index in [4.69, 9.17) is 0 Å². The van der Waals surface area contributed by atoms with Crippen molar-refractivity contribution in [3.63, 3.8) is 0 Å². The second-order valence-electron chi connectivity index (χ2n) is 4.68. The number of anilines is 1. The van der Waals surface area contributed by atoms with Gasteiger partial charge in [0, 0.05) is 30.0 Å². The molecule has 0 saturated carbocycles. The van der Waals surface area contributed by atoms with Crippen molar-refractivity contribution in [3.05, 3.63) is 72.1 Å². The number of nitrogens with zero attached hydrogens (tertiary/aromatic N) is 1. The lowest BCUT2D eigenvalue weighted by Crippen LogP contribution is -2.02. The molecule has 1 aromatic heterocycles. The molecular weight excluding hydrogens is 232 g/mol. The summed E-state index contributed by atoms with van der Waals surface area (Å²) in [6, 6.07) is 16.8. The van der Waals surface area contributed by atoms with Gasteiger partial charge in [0.05, 0.1) is 0 Å². The van der Waals surface area contributed by atoms with Gasteiger partial charge in [-0.25, -0.2) is 0 Å². The summed E-state index contributed by atoms with van der Waals surface area (Å²) in [6.07, 6.45) is 3.75. The molecule has 0 fully saturated rings. The van der Waals surface area contributed by atoms with Crippen LogP contribution >= 0.6 is 0 Å². The van der Waals surface area contributed by atoms with Crippen LogP contribution in [-0.4, -0.2) is 4.98 Å². The lowest BCUT2D eigenvalue weighted by molar-refractivity contribution is 1.08. The highest BCUT2D eigenvalue weighted by Gasteiger charge is 2.01. The summed E-state index contributed by atoms with van der Waals surface area (Å²) in [6.45, 7) is 2.91. The van der Waals surface area contributed by atoms with E-state index in [2.05, 4.69) is 59.7 Å². The number of aromatic nitrogens is 1. The quantitative estimate of drug-likeness (QED) is 0.753. The molecule has 0 aliphatic heterocycles. The van der Waals surface area contributed by atoms with E-state index in [1.807, 2.05) is 18.5 Å². The zero-order valence-electron chi connectivity index (χ0n) is 10.9. The molecule has 1 N–H and O–H groups in total. The number of rotatable bonds is 3. The van der Waals surface area contributed by atoms with Crippen molar-refractivity contribution < 1.29 is 0 Å². The zero-order chi connectivity index (χ0) is 13.1. The average Bonchev–Trinajstić information content (AvgIpc) is 2.46. The Morgan fingerprint density at radius 3 is 2.74 bits per heavy atom. The van der Waals surface area contributed by atoms with E-state index < -0.39 is 0 Å². The van der Waals surface area contributed by atoms with E-state index in [0.29, 0.717) is 0 Å². The number of benzene rings is 2. The smallest absolute Gasteiger partial charge is 0.0422 e. The maximum Gasteiger partial charge on any atom is 0.0422 e. The van der Waals surface area contributed by atoms with Crippen molar-refractivity contribution in [1.29, 1.82) is 0 Å². The van der Waals surface area contributed by atoms with Gasteiger partial charge < -0.3 is 5.32 Å². The molecule has 0 atom stereocenters. The van der Waals surface area contributed by atoms with Crippen LogP contribution in [0.2, 0.25) is 0 Å². The van der Waals surface area contributed by atoms with Crippen molar-refractivity contribution >= 4 is 16.5 Å². The molecule has 19 heavy (non-hydrogen) atoms. The second-order valence-corrected chi connectivity index (χ2v) is 4.68. The van der Waals surface area contributed by atoms with Crippen LogP contribution in [0.5, 0.6) is 0 Å². The first-order valence-electron chi connectivity index (χ1n) is 6.46. The summed E-state index contributed by atoms with van der Waals surface area (Å²) in [7, 11) is 0. The van der Waals surface area contributed by atoms with E-state index in [9.17, 15) is 0 Å². The largest absolute Gasteiger partial charge is 0.380 e. The highest BCUT2D eigenvalue weighted by Crippen LogP contribution is 2.23. The van der Waals surface area contributed by atoms with Gasteiger partial charge in [0.15, 0.2) is 0 Å². The third kappa shape index (κ3) is 2.43. The van der Waals surface area contributed by atoms with Crippen molar-refractivity contribution in [2.75, 3.05) is 5.32 Å². The monoisotopic (exact) mass is 248 g/mol. The van der Waals surface area contributed by atoms with Gasteiger partial charge in [-0.3, -0.25) is 4.98 Å². The standard InChI is InChI=1S/C17H16N2/c1-13-9-10-18-11-15(13)12-19-17-8-4-6-14-5-2-3-7-16(14)17/h2-11,19H,12H2,1H3. The zero-order valence-corrected chi connectivity index (χ0v) is 10.9. The molecule has 94 valence electrons. The molecule has 3 rings (SSSR count). The molecule has 0 aliphatic carbocycles. The Hall–Kier alpha value is -2.35. The van der Waals surface area contributed by atoms with Gasteiger partial charge in [0.1, 0.15) is 0 Å². The maximum absolute atomic E-state index is 4.18. The van der Waals surface area contributed by atoms with Gasteiger partial charge >= 0.3 is 0 Å². The Kier molecular flexibility index (Phi) is 3.15. The molecule has 0 radical (unpaired) electrons. The predicted molar refractivity (Wildman–Crippen MR) is 80.2 cm³/mol. The first kappa shape index (κ1) is 11.7. The fourth-order valence-corrected chi connectivity index (χ4v) is 2.25. The third-order valence-electron chi connectivity index (χ3n) is 3.41. The first-order chi connectivity index (χ1) is 9.34. The van der Waals surface area contributed by atoms with Crippen molar-refractivity contribution in [2.24, 2.45) is 0 Å². The fraction of sp³-hybridized carbons (Fsp3) is 0.118. The van der Waals surface area contributed by atoms with Gasteiger partial charge in [-0.05, 0) is 35.6 Å². The number of pyridine rings is 1. The van der Waals surface area contributed by atoms with Gasteiger partial charge in [-0.15, -0.1) is 0 Å². The van der Waals surface area contributed by atoms with Crippen LogP contribution in [0.3, 0.4) is 0 Å². The Morgan fingerprint density at radius 2 is 1.84 bits per heavy atom. The van der Waals surface area contributed by atoms with E-state index in [1.165, 1.54) is 27.6 Å². The van der Waals surface area contributed by atoms with Crippen molar-refractivity contribution in [1.82, 2.24) is 4.98 Å². The Labute approximate surface area is 113 Å². The maximum atomic E-state index is 4.18. The van der Waals surface area contributed by atoms with E-state index in [1.54, 1.807) is 0 Å². The topological polar surface area (TPSA) is 24.9 Å². The lowest BCUT2D eigenvalue weighted by Gasteiger charge is -2.11. The number of hydrogen-bond donors (Lipinski definition) is 1. The summed E-state index contributed by atoms with van der Waals surface area (Å²) < 4.78 is 0. The van der Waals surface area contributed by atoms with E-state index >= 15 is 0 Å². The summed E-state index contributed by atoms with van der Waals surface area (Å²) in [5.74, 6) is 0. The summed E-state index contributed by atoms with van der Waals surface area (Å²) in [5.41, 5.74) is 3.67. The Morgan fingerprint density at radius 1 is 1.00 bits per heavy atom. The normalized spacial score (nSPS) is 10.6. The predicted octanol–water partition coefficient (Wildman–Crippen LogP) is 4.16. The number of hydrogen-bond acceptors (Lipinski definition) is 2. The molecule has 2 aromatic carbocycles. The minimum absolute atomic E-state index is 0.799. The molecule has 2 nitrogen and oxygen atoms in total. The summed E-state index contributed by atoms with van der Waals surface area (Å²) in [5, 5.41) is 6.02. The van der Waals surface area contributed by atoms with Crippen LogP contribution in [-0.2, 0) is 6.54 Å². The summed E-state index contributed by atoms with van der Waals surface area (Å²) in [4.78, 5) is 4.18. The van der Waals surface area contributed by atoms with Crippen LogP contribution in [0.1, 0.15) is 11.1 Å². The van der Waals surface area contributed by atoms with Crippen molar-refractivity contribution in [2.45, 2.75) is 13.5 Å². The fourth-order valence-electron chi connectivity index (χ4n) is 2.25. The SMILES string of the molecule is Cc1ccncc1CNc1cccc2ccccc12. The molecule has 0 saturated heterocycles. The van der Waals surface area contributed by atoms with Crippen LogP contribution in [0, 0.1) is 6.92 Å². The van der Waals surface area contributed by atoms with Crippen LogP contribution in [0.15, 0.2) is 60.9 Å². The van der Waals surface area contributed by atoms with E-state index in [0.717, 1.165) is 6.54 Å². The molecule has 0 amide bonds. The molecule has 2 heteroatoms. The second kappa shape index (κ2) is 5.11. The van der Waals surface area contributed by atoms with Crippen LogP contribution < -0.4 is 5.32 Å². The van der Waals surface area contributed by atoms with Crippen LogP contribution in [0.4, 0.5) is 5.69 Å². The van der Waals surface area contributed by atoms with Gasteiger partial charge in [-0.2, -0.15) is 0 Å². The number of nitrogens with one attached hydrogen (secondary N) is 1. The molecule has 1 heterocycles. The van der Waals surface area contributed by atoms with Crippen LogP contribution in [0.25, 0.3) is 10.8 Å². The molecule has 0 spiro atoms. The summed E-state index contributed by atoms with van der Waals surface area (Å²) >= 11 is 0. The van der Waals surface area contributed by atoms with Gasteiger partial charge in [-0.1, -0.05) is 36.4 Å². The highest BCUT2D eigenvalue weighted by atomic mass is 14.9. The molecule has 0 bridgehead atoms. The molecule has 0 unspecified atom stereocenters. The molecule has 0 aliphatic rings. The van der Waals surface area contributed by atoms with Crippen molar-refractivity contribution in [3.8, 4) is 0 Å². The number of fused-ring (bicyclic) bond motifs is 1.